The minimum absolute atomic E-state index is 0.121. The highest BCUT2D eigenvalue weighted by Gasteiger charge is 2.49. The number of H-pyrrole nitrogens is 1. The molecule has 24 heavy (non-hydrogen) atoms. The van der Waals surface area contributed by atoms with Crippen LogP contribution in [0.15, 0.2) is 15.8 Å². The van der Waals surface area contributed by atoms with Gasteiger partial charge in [0.2, 0.25) is 5.82 Å². The van der Waals surface area contributed by atoms with Crippen molar-refractivity contribution >= 4 is 8.32 Å². The van der Waals surface area contributed by atoms with Crippen LogP contribution in [0.1, 0.15) is 33.9 Å². The highest BCUT2D eigenvalue weighted by molar-refractivity contribution is 6.74. The van der Waals surface area contributed by atoms with E-state index >= 15 is 0 Å². The Balaban J connectivity index is 2.44. The lowest BCUT2D eigenvalue weighted by atomic mass is 10.1. The van der Waals surface area contributed by atoms with Gasteiger partial charge in [-0.2, -0.15) is 4.39 Å². The van der Waals surface area contributed by atoms with Crippen LogP contribution < -0.4 is 11.2 Å². The van der Waals surface area contributed by atoms with Gasteiger partial charge in [0.25, 0.3) is 5.56 Å². The summed E-state index contributed by atoms with van der Waals surface area (Å²) in [4.78, 5) is 25.2. The molecule has 1 aromatic heterocycles. The monoisotopic (exact) mass is 360 g/mol. The molecular formula is C15H25FN2O5Si. The second-order valence-corrected chi connectivity index (χ2v) is 12.5. The van der Waals surface area contributed by atoms with E-state index in [4.69, 9.17) is 9.16 Å². The molecule has 9 heteroatoms. The van der Waals surface area contributed by atoms with Crippen molar-refractivity contribution in [3.8, 4) is 0 Å². The van der Waals surface area contributed by atoms with Crippen LogP contribution in [0.2, 0.25) is 18.1 Å². The number of nitrogens with zero attached hydrogens (tertiary/aromatic N) is 1. The van der Waals surface area contributed by atoms with Gasteiger partial charge in [-0.1, -0.05) is 20.8 Å². The van der Waals surface area contributed by atoms with E-state index < -0.39 is 49.9 Å². The summed E-state index contributed by atoms with van der Waals surface area (Å²) in [6.07, 6.45) is -2.61. The molecule has 0 saturated carbocycles. The highest BCUT2D eigenvalue weighted by Crippen LogP contribution is 2.41. The molecule has 7 nitrogen and oxygen atoms in total. The van der Waals surface area contributed by atoms with Gasteiger partial charge in [0, 0.05) is 0 Å². The average Bonchev–Trinajstić information content (AvgIpc) is 2.69. The summed E-state index contributed by atoms with van der Waals surface area (Å²) in [5.74, 6) is -1.10. The Morgan fingerprint density at radius 3 is 2.50 bits per heavy atom. The number of aliphatic hydroxyl groups is 1. The Hall–Kier alpha value is -1.29. The fourth-order valence-corrected chi connectivity index (χ4v) is 3.62. The summed E-state index contributed by atoms with van der Waals surface area (Å²) in [5, 5.41) is 10.3. The van der Waals surface area contributed by atoms with Crippen molar-refractivity contribution < 1.29 is 18.7 Å². The van der Waals surface area contributed by atoms with Crippen LogP contribution in [0, 0.1) is 5.82 Å². The number of aromatic nitrogens is 2. The Morgan fingerprint density at radius 1 is 1.38 bits per heavy atom. The normalized spacial score (nSPS) is 28.3. The minimum atomic E-state index is -2.28. The Bertz CT molecular complexity index is 724. The third-order valence-corrected chi connectivity index (χ3v) is 9.36. The fraction of sp³-hybridized carbons (Fsp3) is 0.733. The molecular weight excluding hydrogens is 335 g/mol. The van der Waals surface area contributed by atoms with Crippen molar-refractivity contribution in [2.75, 3.05) is 0 Å². The molecule has 0 unspecified atom stereocenters. The lowest BCUT2D eigenvalue weighted by Gasteiger charge is -2.40. The molecule has 0 spiro atoms. The number of hydrogen-bond donors (Lipinski definition) is 2. The molecule has 1 saturated heterocycles. The molecule has 1 fully saturated rings. The molecule has 0 radical (unpaired) electrons. The second-order valence-electron chi connectivity index (χ2n) is 7.71. The van der Waals surface area contributed by atoms with E-state index in [0.29, 0.717) is 0 Å². The lowest BCUT2D eigenvalue weighted by Crippen LogP contribution is -2.49. The number of aliphatic hydroxyl groups excluding tert-OH is 1. The minimum Gasteiger partial charge on any atom is -0.407 e. The number of ether oxygens (including phenoxy) is 1. The molecule has 2 rings (SSSR count). The summed E-state index contributed by atoms with van der Waals surface area (Å²) >= 11 is 0. The molecule has 0 amide bonds. The Labute approximate surface area is 140 Å². The lowest BCUT2D eigenvalue weighted by molar-refractivity contribution is -0.0317. The molecule has 1 aliphatic heterocycles. The van der Waals surface area contributed by atoms with Crippen molar-refractivity contribution in [2.24, 2.45) is 0 Å². The summed E-state index contributed by atoms with van der Waals surface area (Å²) < 4.78 is 26.4. The van der Waals surface area contributed by atoms with Crippen LogP contribution in [0.25, 0.3) is 0 Å². The van der Waals surface area contributed by atoms with E-state index in [2.05, 4.69) is 0 Å². The van der Waals surface area contributed by atoms with Gasteiger partial charge in [-0.15, -0.1) is 0 Å². The maximum atomic E-state index is 13.6. The topological polar surface area (TPSA) is 93.6 Å². The predicted molar refractivity (Wildman–Crippen MR) is 88.9 cm³/mol. The first-order chi connectivity index (χ1) is 10.8. The van der Waals surface area contributed by atoms with E-state index in [-0.39, 0.29) is 5.04 Å². The number of nitrogens with one attached hydrogen (secondary N) is 1. The van der Waals surface area contributed by atoms with Crippen LogP contribution in [0.3, 0.4) is 0 Å². The quantitative estimate of drug-likeness (QED) is 0.794. The van der Waals surface area contributed by atoms with Crippen molar-refractivity contribution in [1.29, 1.82) is 0 Å². The second kappa shape index (κ2) is 6.21. The SMILES string of the molecule is C[C@H]1O[C@@H](n2cc(F)c(=O)[nH]c2=O)[C@H](O[Si](C)(C)C(C)(C)C)[C@@H]1O. The highest BCUT2D eigenvalue weighted by atomic mass is 28.4. The van der Waals surface area contributed by atoms with Crippen LogP contribution in [0.4, 0.5) is 4.39 Å². The summed E-state index contributed by atoms with van der Waals surface area (Å²) in [6.45, 7) is 11.8. The van der Waals surface area contributed by atoms with E-state index in [1.165, 1.54) is 0 Å². The van der Waals surface area contributed by atoms with Gasteiger partial charge in [-0.05, 0) is 25.1 Å². The number of hydrogen-bond acceptors (Lipinski definition) is 5. The zero-order valence-corrected chi connectivity index (χ0v) is 15.8. The third kappa shape index (κ3) is 3.39. The molecule has 1 aromatic rings. The van der Waals surface area contributed by atoms with Crippen molar-refractivity contribution in [1.82, 2.24) is 9.55 Å². The van der Waals surface area contributed by atoms with Crippen molar-refractivity contribution in [2.45, 2.75) is 70.4 Å². The summed E-state index contributed by atoms with van der Waals surface area (Å²) in [5.41, 5.74) is -1.90. The fourth-order valence-electron chi connectivity index (χ4n) is 2.33. The molecule has 4 atom stereocenters. The van der Waals surface area contributed by atoms with Gasteiger partial charge >= 0.3 is 5.69 Å². The van der Waals surface area contributed by atoms with Gasteiger partial charge in [-0.25, -0.2) is 4.79 Å². The zero-order chi connectivity index (χ0) is 18.4. The van der Waals surface area contributed by atoms with E-state index in [9.17, 15) is 19.1 Å². The van der Waals surface area contributed by atoms with Gasteiger partial charge < -0.3 is 14.3 Å². The number of aromatic amines is 1. The van der Waals surface area contributed by atoms with E-state index in [1.807, 2.05) is 38.8 Å². The molecule has 1 aliphatic rings. The third-order valence-electron chi connectivity index (χ3n) is 4.89. The zero-order valence-electron chi connectivity index (χ0n) is 14.8. The summed E-state index contributed by atoms with van der Waals surface area (Å²) in [6, 6.07) is 0. The molecule has 2 N–H and O–H groups in total. The van der Waals surface area contributed by atoms with Crippen LogP contribution in [-0.4, -0.2) is 41.3 Å². The van der Waals surface area contributed by atoms with Crippen LogP contribution in [0.5, 0.6) is 0 Å². The first-order valence-corrected chi connectivity index (χ1v) is 10.8. The van der Waals surface area contributed by atoms with Gasteiger partial charge in [-0.3, -0.25) is 14.3 Å². The standard InChI is InChI=1S/C15H25FN2O5Si/c1-8-10(19)11(23-24(5,6)15(2,3)4)13(22-8)18-7-9(16)12(20)17-14(18)21/h7-8,10-11,13,19H,1-6H3,(H,17,20,21)/t8-,10-,11-,13-/m1/s1. The summed E-state index contributed by atoms with van der Waals surface area (Å²) in [7, 11) is -2.28. The molecule has 136 valence electrons. The Morgan fingerprint density at radius 2 is 1.96 bits per heavy atom. The largest absolute Gasteiger partial charge is 0.407 e. The van der Waals surface area contributed by atoms with E-state index in [1.54, 1.807) is 6.92 Å². The van der Waals surface area contributed by atoms with Gasteiger partial charge in [0.05, 0.1) is 12.3 Å². The first-order valence-electron chi connectivity index (χ1n) is 7.87. The van der Waals surface area contributed by atoms with Crippen LogP contribution >= 0.6 is 0 Å². The van der Waals surface area contributed by atoms with Gasteiger partial charge in [0.1, 0.15) is 12.2 Å². The van der Waals surface area contributed by atoms with Crippen molar-refractivity contribution in [3.63, 3.8) is 0 Å². The Kier molecular flexibility index (Phi) is 4.93. The average molecular weight is 360 g/mol. The number of halogens is 1. The smallest absolute Gasteiger partial charge is 0.330 e. The molecule has 0 bridgehead atoms. The van der Waals surface area contributed by atoms with Crippen LogP contribution in [-0.2, 0) is 9.16 Å². The van der Waals surface area contributed by atoms with Crippen molar-refractivity contribution in [3.05, 3.63) is 32.9 Å². The number of rotatable bonds is 3. The molecule has 0 aromatic carbocycles. The predicted octanol–water partition coefficient (Wildman–Crippen LogP) is 1.34. The first kappa shape index (κ1) is 19.0. The van der Waals surface area contributed by atoms with E-state index in [0.717, 1.165) is 10.8 Å². The maximum Gasteiger partial charge on any atom is 0.330 e. The molecule has 2 heterocycles. The molecule has 0 aliphatic carbocycles. The maximum absolute atomic E-state index is 13.6. The van der Waals surface area contributed by atoms with Gasteiger partial charge in [0.15, 0.2) is 14.5 Å².